The molecule has 4 N–H and O–H groups in total. The normalized spacial score (nSPS) is 12.6. The van der Waals surface area contributed by atoms with Crippen molar-refractivity contribution in [3.8, 4) is 17.3 Å². The van der Waals surface area contributed by atoms with Crippen LogP contribution in [0.3, 0.4) is 0 Å². The minimum Gasteiger partial charge on any atom is -0.487 e. The second-order valence-electron chi connectivity index (χ2n) is 6.77. The highest BCUT2D eigenvalue weighted by Gasteiger charge is 2.24. The second kappa shape index (κ2) is 6.90. The van der Waals surface area contributed by atoms with Gasteiger partial charge in [0.05, 0.1) is 23.4 Å². The van der Waals surface area contributed by atoms with Crippen molar-refractivity contribution in [1.29, 1.82) is 0 Å². The van der Waals surface area contributed by atoms with E-state index in [-0.39, 0.29) is 0 Å². The number of hydrogen-bond donors (Lipinski definition) is 3. The highest BCUT2D eigenvalue weighted by atomic mass is 16.5. The first-order chi connectivity index (χ1) is 14.2. The lowest BCUT2D eigenvalue weighted by atomic mass is 10.1. The number of nitrogens with two attached hydrogens (primary N) is 1. The van der Waals surface area contributed by atoms with Crippen LogP contribution in [0.15, 0.2) is 48.5 Å². The number of carbonyl (C=O) groups excluding carboxylic acids is 1. The van der Waals surface area contributed by atoms with Gasteiger partial charge in [0.25, 0.3) is 5.91 Å². The van der Waals surface area contributed by atoms with E-state index in [4.69, 9.17) is 10.5 Å². The van der Waals surface area contributed by atoms with E-state index in [0.717, 1.165) is 16.6 Å². The number of aromatic nitrogens is 4. The zero-order valence-corrected chi connectivity index (χ0v) is 15.5. The number of anilines is 1. The van der Waals surface area contributed by atoms with Gasteiger partial charge in [-0.15, -0.1) is 0 Å². The van der Waals surface area contributed by atoms with Crippen LogP contribution in [-0.4, -0.2) is 32.7 Å². The van der Waals surface area contributed by atoms with Gasteiger partial charge in [-0.3, -0.25) is 9.89 Å². The minimum atomic E-state index is -0.515. The number of nitrogens with one attached hydrogen (secondary N) is 2. The number of aromatic amines is 1. The first kappa shape index (κ1) is 17.2. The molecular weight excluding hydrogens is 368 g/mol. The molecule has 0 aliphatic carbocycles. The Morgan fingerprint density at radius 1 is 1.14 bits per heavy atom. The second-order valence-corrected chi connectivity index (χ2v) is 6.77. The molecule has 29 heavy (non-hydrogen) atoms. The maximum atomic E-state index is 11.7. The molecule has 0 atom stereocenters. The molecule has 0 bridgehead atoms. The molecule has 0 unspecified atom stereocenters. The average Bonchev–Trinajstić information content (AvgIpc) is 3.39. The summed E-state index contributed by atoms with van der Waals surface area (Å²) in [5.74, 6) is 1.27. The fourth-order valence-electron chi connectivity index (χ4n) is 3.49. The molecule has 144 valence electrons. The van der Waals surface area contributed by atoms with Crippen molar-refractivity contribution in [3.05, 3.63) is 65.4 Å². The minimum absolute atomic E-state index is 0.383. The number of primary amides is 1. The van der Waals surface area contributed by atoms with Crippen LogP contribution in [0.2, 0.25) is 0 Å². The number of nitrogens with zero attached hydrogens (tertiary/aromatic N) is 3. The molecule has 0 saturated carbocycles. The van der Waals surface area contributed by atoms with Crippen LogP contribution in [0.1, 0.15) is 21.6 Å². The molecule has 2 aromatic heterocycles. The van der Waals surface area contributed by atoms with Crippen molar-refractivity contribution in [3.63, 3.8) is 0 Å². The Hall–Kier alpha value is -3.94. The van der Waals surface area contributed by atoms with Crippen LogP contribution in [0, 0.1) is 0 Å². The number of benzene rings is 2. The number of H-pyrrole nitrogens is 1. The van der Waals surface area contributed by atoms with E-state index >= 15 is 0 Å². The molecule has 5 rings (SSSR count). The quantitative estimate of drug-likeness (QED) is 0.485. The Kier molecular flexibility index (Phi) is 4.09. The SMILES string of the molecule is NC(=O)c1cccc2c(-c3nc4c(c(NCc5ccccc5)n3)OCC4)n[nH]c12. The summed E-state index contributed by atoms with van der Waals surface area (Å²) in [5, 5.41) is 11.4. The van der Waals surface area contributed by atoms with Crippen molar-refractivity contribution < 1.29 is 9.53 Å². The molecule has 8 nitrogen and oxygen atoms in total. The standard InChI is InChI=1S/C21H18N6O2/c22-19(28)14-8-4-7-13-16(14)26-27-17(13)20-24-15-9-10-29-18(15)21(25-20)23-11-12-5-2-1-3-6-12/h1-8H,9-11H2,(H2,22,28)(H,26,27)(H,23,24,25). The van der Waals surface area contributed by atoms with Crippen molar-refractivity contribution in [2.45, 2.75) is 13.0 Å². The summed E-state index contributed by atoms with van der Waals surface area (Å²) in [4.78, 5) is 21.0. The number of amides is 1. The Morgan fingerprint density at radius 2 is 2.00 bits per heavy atom. The molecule has 4 aromatic rings. The highest BCUT2D eigenvalue weighted by Crippen LogP contribution is 2.35. The van der Waals surface area contributed by atoms with Crippen LogP contribution in [0.5, 0.6) is 5.75 Å². The van der Waals surface area contributed by atoms with E-state index in [9.17, 15) is 4.79 Å². The van der Waals surface area contributed by atoms with Crippen molar-refractivity contribution in [2.75, 3.05) is 11.9 Å². The molecule has 1 aliphatic heterocycles. The number of carbonyl (C=O) groups is 1. The van der Waals surface area contributed by atoms with Gasteiger partial charge in [-0.05, 0) is 11.6 Å². The van der Waals surface area contributed by atoms with Gasteiger partial charge in [-0.25, -0.2) is 9.97 Å². The number of fused-ring (bicyclic) bond motifs is 2. The predicted molar refractivity (Wildman–Crippen MR) is 109 cm³/mol. The third-order valence-corrected chi connectivity index (χ3v) is 4.90. The predicted octanol–water partition coefficient (Wildman–Crippen LogP) is 2.67. The molecule has 0 fully saturated rings. The summed E-state index contributed by atoms with van der Waals surface area (Å²) in [6.07, 6.45) is 0.708. The first-order valence-corrected chi connectivity index (χ1v) is 9.29. The van der Waals surface area contributed by atoms with Crippen molar-refractivity contribution in [2.24, 2.45) is 5.73 Å². The molecule has 8 heteroatoms. The zero-order valence-electron chi connectivity index (χ0n) is 15.5. The molecule has 0 saturated heterocycles. The monoisotopic (exact) mass is 386 g/mol. The zero-order chi connectivity index (χ0) is 19.8. The summed E-state index contributed by atoms with van der Waals surface area (Å²) in [6.45, 7) is 1.18. The van der Waals surface area contributed by atoms with Crippen LogP contribution in [0.4, 0.5) is 5.82 Å². The third-order valence-electron chi connectivity index (χ3n) is 4.90. The highest BCUT2D eigenvalue weighted by molar-refractivity contribution is 6.07. The van der Waals surface area contributed by atoms with E-state index in [1.54, 1.807) is 12.1 Å². The Bertz CT molecular complexity index is 1220. The van der Waals surface area contributed by atoms with Crippen LogP contribution >= 0.6 is 0 Å². The smallest absolute Gasteiger partial charge is 0.250 e. The summed E-state index contributed by atoms with van der Waals surface area (Å²) in [5.41, 5.74) is 8.98. The third kappa shape index (κ3) is 3.04. The van der Waals surface area contributed by atoms with E-state index in [1.165, 1.54) is 0 Å². The Balaban J connectivity index is 1.57. The molecule has 3 heterocycles. The largest absolute Gasteiger partial charge is 0.487 e. The summed E-state index contributed by atoms with van der Waals surface area (Å²) < 4.78 is 5.75. The summed E-state index contributed by atoms with van der Waals surface area (Å²) in [6, 6.07) is 15.4. The lowest BCUT2D eigenvalue weighted by molar-refractivity contribution is 0.100. The number of para-hydroxylation sites is 1. The molecule has 0 radical (unpaired) electrons. The van der Waals surface area contributed by atoms with E-state index in [2.05, 4.69) is 25.5 Å². The lowest BCUT2D eigenvalue weighted by Crippen LogP contribution is -2.11. The Labute approximate surface area is 166 Å². The van der Waals surface area contributed by atoms with Gasteiger partial charge >= 0.3 is 0 Å². The van der Waals surface area contributed by atoms with Gasteiger partial charge in [-0.2, -0.15) is 5.10 Å². The number of ether oxygens (including phenoxy) is 1. The Morgan fingerprint density at radius 3 is 2.83 bits per heavy atom. The molecular formula is C21H18N6O2. The molecule has 0 spiro atoms. The van der Waals surface area contributed by atoms with Crippen molar-refractivity contribution in [1.82, 2.24) is 20.2 Å². The van der Waals surface area contributed by atoms with E-state index < -0.39 is 5.91 Å². The van der Waals surface area contributed by atoms with Gasteiger partial charge < -0.3 is 15.8 Å². The number of hydrogen-bond acceptors (Lipinski definition) is 6. The molecule has 2 aromatic carbocycles. The average molecular weight is 386 g/mol. The van der Waals surface area contributed by atoms with Gasteiger partial charge in [0.15, 0.2) is 17.4 Å². The van der Waals surface area contributed by atoms with E-state index in [1.807, 2.05) is 36.4 Å². The molecule has 1 aliphatic rings. The van der Waals surface area contributed by atoms with Gasteiger partial charge in [0.2, 0.25) is 0 Å². The topological polar surface area (TPSA) is 119 Å². The van der Waals surface area contributed by atoms with Crippen molar-refractivity contribution >= 4 is 22.6 Å². The fourth-order valence-corrected chi connectivity index (χ4v) is 3.49. The van der Waals surface area contributed by atoms with Crippen LogP contribution in [0.25, 0.3) is 22.4 Å². The fraction of sp³-hybridized carbons (Fsp3) is 0.143. The summed E-state index contributed by atoms with van der Waals surface area (Å²) >= 11 is 0. The lowest BCUT2D eigenvalue weighted by Gasteiger charge is -2.11. The number of rotatable bonds is 5. The van der Waals surface area contributed by atoms with Crippen LogP contribution < -0.4 is 15.8 Å². The van der Waals surface area contributed by atoms with Gasteiger partial charge in [0.1, 0.15) is 5.69 Å². The maximum absolute atomic E-state index is 11.7. The first-order valence-electron chi connectivity index (χ1n) is 9.29. The van der Waals surface area contributed by atoms with Crippen LogP contribution in [-0.2, 0) is 13.0 Å². The maximum Gasteiger partial charge on any atom is 0.250 e. The van der Waals surface area contributed by atoms with Gasteiger partial charge in [0, 0.05) is 18.4 Å². The summed E-state index contributed by atoms with van der Waals surface area (Å²) in [7, 11) is 0. The molecule has 1 amide bonds. The van der Waals surface area contributed by atoms with Gasteiger partial charge in [-0.1, -0.05) is 42.5 Å². The van der Waals surface area contributed by atoms with E-state index in [0.29, 0.717) is 53.7 Å².